The van der Waals surface area contributed by atoms with Gasteiger partial charge in [0.25, 0.3) is 0 Å². The number of hydrogen-bond acceptors (Lipinski definition) is 4. The molecule has 0 unspecified atom stereocenters. The number of aliphatic imine (C=N–C) groups is 1. The molecule has 0 saturated heterocycles. The molecule has 4 heteroatoms. The summed E-state index contributed by atoms with van der Waals surface area (Å²) in [5.74, 6) is 7.62. The topological polar surface area (TPSA) is 40.5 Å². The largest absolute Gasteiger partial charge is 0.343 e. The van der Waals surface area contributed by atoms with E-state index in [2.05, 4.69) is 54.5 Å². The molecule has 0 saturated carbocycles. The van der Waals surface area contributed by atoms with E-state index in [1.807, 2.05) is 13.1 Å². The van der Waals surface area contributed by atoms with Gasteiger partial charge in [0.05, 0.1) is 0 Å². The Hall–Kier alpha value is -2.12. The van der Waals surface area contributed by atoms with Gasteiger partial charge in [0.2, 0.25) is 0 Å². The molecule has 4 nitrogen and oxygen atoms in total. The first-order valence-corrected chi connectivity index (χ1v) is 17.2. The quantitative estimate of drug-likeness (QED) is 0.0868. The highest BCUT2D eigenvalue weighted by atomic mass is 15.1. The van der Waals surface area contributed by atoms with Gasteiger partial charge in [0.15, 0.2) is 5.82 Å². The number of nitrogens with zero attached hydrogens (tertiary/aromatic N) is 3. The minimum atomic E-state index is 0.892. The molecule has 1 aliphatic carbocycles. The third kappa shape index (κ3) is 15.1. The van der Waals surface area contributed by atoms with Gasteiger partial charge in [-0.2, -0.15) is 0 Å². The molecule has 230 valence electrons. The van der Waals surface area contributed by atoms with Crippen molar-refractivity contribution >= 4 is 17.7 Å². The van der Waals surface area contributed by atoms with Crippen LogP contribution in [0.3, 0.4) is 0 Å². The van der Waals surface area contributed by atoms with E-state index in [1.54, 1.807) is 0 Å². The molecular formula is C37H62N4. The second-order valence-corrected chi connectivity index (χ2v) is 12.2. The average Bonchev–Trinajstić information content (AvgIpc) is 2.97. The molecule has 2 rings (SSSR count). The maximum atomic E-state index is 4.98. The standard InChI is InChI=1S/C37H62N4/c1-6-8-9-10-11-12-13-14-15-16-17-18-19-20-25-30-41(5)31-26-21-22-27-32(3)39-37-36(38-7-2)33(4)34-28-23-24-29-35(34)40-37/h7H,3,6,8-11,14-31H2,1-2,4-5H3,(H,39,40). The van der Waals surface area contributed by atoms with Crippen LogP contribution in [0.5, 0.6) is 0 Å². The number of hydrogen-bond donors (Lipinski definition) is 1. The smallest absolute Gasteiger partial charge is 0.156 e. The lowest BCUT2D eigenvalue weighted by molar-refractivity contribution is 0.315. The number of unbranched alkanes of at least 4 members (excludes halogenated alkanes) is 13. The summed E-state index contributed by atoms with van der Waals surface area (Å²) in [6.45, 7) is 13.2. The van der Waals surface area contributed by atoms with Gasteiger partial charge in [-0.3, -0.25) is 4.99 Å². The maximum Gasteiger partial charge on any atom is 0.156 e. The predicted molar refractivity (Wildman–Crippen MR) is 182 cm³/mol. The Balaban J connectivity index is 1.47. The molecule has 1 aromatic rings. The Morgan fingerprint density at radius 2 is 1.46 bits per heavy atom. The Kier molecular flexibility index (Phi) is 19.2. The lowest BCUT2D eigenvalue weighted by atomic mass is 9.92. The van der Waals surface area contributed by atoms with Gasteiger partial charge in [-0.15, -0.1) is 11.8 Å². The monoisotopic (exact) mass is 562 g/mol. The molecule has 1 aliphatic rings. The summed E-state index contributed by atoms with van der Waals surface area (Å²) in [6, 6.07) is 0. The van der Waals surface area contributed by atoms with E-state index in [0.717, 1.165) is 49.3 Å². The summed E-state index contributed by atoms with van der Waals surface area (Å²) in [6.07, 6.45) is 28.2. The molecule has 0 spiro atoms. The van der Waals surface area contributed by atoms with Crippen molar-refractivity contribution in [2.45, 2.75) is 156 Å². The summed E-state index contributed by atoms with van der Waals surface area (Å²) in [5, 5.41) is 3.52. The van der Waals surface area contributed by atoms with Crippen LogP contribution in [0.2, 0.25) is 0 Å². The highest BCUT2D eigenvalue weighted by Gasteiger charge is 2.19. The van der Waals surface area contributed by atoms with E-state index < -0.39 is 0 Å². The molecular weight excluding hydrogens is 500 g/mol. The fraction of sp³-hybridized carbons (Fsp3) is 0.730. The summed E-state index contributed by atoms with van der Waals surface area (Å²) in [4.78, 5) is 12.2. The molecule has 41 heavy (non-hydrogen) atoms. The number of aromatic nitrogens is 1. The molecule has 0 fully saturated rings. The van der Waals surface area contributed by atoms with E-state index in [-0.39, 0.29) is 0 Å². The molecule has 0 aliphatic heterocycles. The molecule has 0 aromatic carbocycles. The molecule has 0 radical (unpaired) electrons. The van der Waals surface area contributed by atoms with Gasteiger partial charge in [0, 0.05) is 30.4 Å². The van der Waals surface area contributed by atoms with E-state index in [1.165, 1.54) is 133 Å². The lowest BCUT2D eigenvalue weighted by Gasteiger charge is -2.21. The Labute approximate surface area is 254 Å². The summed E-state index contributed by atoms with van der Waals surface area (Å²) in [7, 11) is 2.28. The Bertz CT molecular complexity index is 952. The first-order valence-electron chi connectivity index (χ1n) is 17.2. The maximum absolute atomic E-state index is 4.98. The third-order valence-electron chi connectivity index (χ3n) is 8.41. The average molecular weight is 563 g/mol. The third-order valence-corrected chi connectivity index (χ3v) is 8.41. The van der Waals surface area contributed by atoms with Gasteiger partial charge >= 0.3 is 0 Å². The SMILES string of the molecule is C=C(CCCCCN(C)CCCCCCCCCC#CCCCCCC)Nc1nc2c(c(C)c1N=CC)CCCC2. The second-order valence-electron chi connectivity index (χ2n) is 12.2. The van der Waals surface area contributed by atoms with Crippen molar-refractivity contribution in [3.63, 3.8) is 0 Å². The van der Waals surface area contributed by atoms with Crippen LogP contribution in [0.4, 0.5) is 11.5 Å². The number of aryl methyl sites for hydroxylation is 1. The van der Waals surface area contributed by atoms with Crippen molar-refractivity contribution in [2.75, 3.05) is 25.5 Å². The van der Waals surface area contributed by atoms with Gasteiger partial charge < -0.3 is 10.2 Å². The molecule has 1 N–H and O–H groups in total. The van der Waals surface area contributed by atoms with Crippen molar-refractivity contribution < 1.29 is 0 Å². The van der Waals surface area contributed by atoms with Gasteiger partial charge in [-0.1, -0.05) is 71.3 Å². The highest BCUT2D eigenvalue weighted by molar-refractivity contribution is 5.74. The van der Waals surface area contributed by atoms with Gasteiger partial charge in [-0.05, 0) is 109 Å². The molecule has 0 bridgehead atoms. The minimum Gasteiger partial charge on any atom is -0.343 e. The zero-order chi connectivity index (χ0) is 29.5. The van der Waals surface area contributed by atoms with E-state index in [9.17, 15) is 0 Å². The second kappa shape index (κ2) is 22.5. The van der Waals surface area contributed by atoms with E-state index in [0.29, 0.717) is 0 Å². The van der Waals surface area contributed by atoms with Crippen molar-refractivity contribution in [3.05, 3.63) is 29.1 Å². The predicted octanol–water partition coefficient (Wildman–Crippen LogP) is 10.5. The lowest BCUT2D eigenvalue weighted by Crippen LogP contribution is -2.20. The van der Waals surface area contributed by atoms with Crippen LogP contribution < -0.4 is 5.32 Å². The molecule has 0 atom stereocenters. The number of fused-ring (bicyclic) bond motifs is 1. The number of rotatable bonds is 22. The molecule has 1 heterocycles. The van der Waals surface area contributed by atoms with Crippen molar-refractivity contribution in [1.82, 2.24) is 9.88 Å². The van der Waals surface area contributed by atoms with Crippen LogP contribution in [0, 0.1) is 18.8 Å². The molecule has 1 aromatic heterocycles. The summed E-state index contributed by atoms with van der Waals surface area (Å²) < 4.78 is 0. The van der Waals surface area contributed by atoms with Crippen molar-refractivity contribution in [1.29, 1.82) is 0 Å². The fourth-order valence-electron chi connectivity index (χ4n) is 5.83. The van der Waals surface area contributed by atoms with Crippen molar-refractivity contribution in [3.8, 4) is 11.8 Å². The van der Waals surface area contributed by atoms with Gasteiger partial charge in [0.1, 0.15) is 5.69 Å². The first-order chi connectivity index (χ1) is 20.1. The number of pyridine rings is 1. The Morgan fingerprint density at radius 3 is 2.12 bits per heavy atom. The van der Waals surface area contributed by atoms with Crippen molar-refractivity contribution in [2.24, 2.45) is 4.99 Å². The normalized spacial score (nSPS) is 12.9. The van der Waals surface area contributed by atoms with Crippen LogP contribution in [0.1, 0.15) is 153 Å². The minimum absolute atomic E-state index is 0.892. The summed E-state index contributed by atoms with van der Waals surface area (Å²) in [5.41, 5.74) is 6.00. The van der Waals surface area contributed by atoms with Gasteiger partial charge in [-0.25, -0.2) is 4.98 Å². The fourth-order valence-corrected chi connectivity index (χ4v) is 5.83. The van der Waals surface area contributed by atoms with Crippen LogP contribution in [0.25, 0.3) is 0 Å². The first kappa shape index (κ1) is 35.1. The number of anilines is 1. The van der Waals surface area contributed by atoms with Crippen LogP contribution in [-0.4, -0.2) is 36.2 Å². The zero-order valence-electron chi connectivity index (χ0n) is 27.4. The van der Waals surface area contributed by atoms with Crippen LogP contribution in [-0.2, 0) is 12.8 Å². The highest BCUT2D eigenvalue weighted by Crippen LogP contribution is 2.35. The number of allylic oxidation sites excluding steroid dienone is 1. The Morgan fingerprint density at radius 1 is 0.878 bits per heavy atom. The van der Waals surface area contributed by atoms with E-state index in [4.69, 9.17) is 4.98 Å². The summed E-state index contributed by atoms with van der Waals surface area (Å²) >= 11 is 0. The molecule has 0 amide bonds. The zero-order valence-corrected chi connectivity index (χ0v) is 27.4. The number of nitrogens with one attached hydrogen (secondary N) is 1. The van der Waals surface area contributed by atoms with Crippen LogP contribution in [0.15, 0.2) is 17.3 Å². The van der Waals surface area contributed by atoms with Crippen LogP contribution >= 0.6 is 0 Å². The van der Waals surface area contributed by atoms with E-state index >= 15 is 0 Å².